The summed E-state index contributed by atoms with van der Waals surface area (Å²) >= 11 is 0. The predicted molar refractivity (Wildman–Crippen MR) is 62.9 cm³/mol. The molecule has 1 saturated carbocycles. The van der Waals surface area contributed by atoms with Gasteiger partial charge in [-0.05, 0) is 19.3 Å². The second kappa shape index (κ2) is 5.21. The van der Waals surface area contributed by atoms with Crippen molar-refractivity contribution >= 4 is 0 Å². The lowest BCUT2D eigenvalue weighted by atomic mass is 9.72. The maximum atomic E-state index is 9.08. The van der Waals surface area contributed by atoms with Crippen LogP contribution in [0.25, 0.3) is 0 Å². The topological polar surface area (TPSA) is 49.8 Å². The molecular formula is C13H22N2. The van der Waals surface area contributed by atoms with E-state index in [1.54, 1.807) is 0 Å². The van der Waals surface area contributed by atoms with Gasteiger partial charge < -0.3 is 5.73 Å². The highest BCUT2D eigenvalue weighted by Crippen LogP contribution is 2.41. The van der Waals surface area contributed by atoms with Crippen molar-refractivity contribution in [3.63, 3.8) is 0 Å². The first-order valence-electron chi connectivity index (χ1n) is 6.03. The molecule has 84 valence electrons. The highest BCUT2D eigenvalue weighted by molar-refractivity contribution is 5.30. The summed E-state index contributed by atoms with van der Waals surface area (Å²) in [5.41, 5.74) is 7.96. The van der Waals surface area contributed by atoms with Gasteiger partial charge in [-0.3, -0.25) is 0 Å². The molecule has 2 heteroatoms. The Balaban J connectivity index is 2.88. The Kier molecular flexibility index (Phi) is 4.20. The maximum Gasteiger partial charge on any atom is 0.0965 e. The molecule has 0 atom stereocenters. The molecule has 0 spiro atoms. The van der Waals surface area contributed by atoms with E-state index in [9.17, 15) is 0 Å². The van der Waals surface area contributed by atoms with Crippen molar-refractivity contribution in [2.75, 3.05) is 0 Å². The van der Waals surface area contributed by atoms with Crippen molar-refractivity contribution in [2.45, 2.75) is 58.8 Å². The molecule has 2 N–H and O–H groups in total. The Labute approximate surface area is 93.2 Å². The van der Waals surface area contributed by atoms with Crippen LogP contribution in [0.4, 0.5) is 0 Å². The van der Waals surface area contributed by atoms with E-state index in [2.05, 4.69) is 19.9 Å². The van der Waals surface area contributed by atoms with E-state index in [-0.39, 0.29) is 5.41 Å². The standard InChI is InChI=1S/C13H22N2/c1-3-7-11(10-14)12(15)13(2)8-5-4-6-9-13/h3-9,15H2,1-2H3. The molecule has 0 unspecified atom stereocenters. The molecule has 2 nitrogen and oxygen atoms in total. The van der Waals surface area contributed by atoms with Gasteiger partial charge in [0.25, 0.3) is 0 Å². The van der Waals surface area contributed by atoms with Crippen LogP contribution in [0.5, 0.6) is 0 Å². The van der Waals surface area contributed by atoms with Crippen molar-refractivity contribution in [3.8, 4) is 6.07 Å². The van der Waals surface area contributed by atoms with Gasteiger partial charge in [0.05, 0.1) is 6.07 Å². The third-order valence-corrected chi connectivity index (χ3v) is 3.57. The highest BCUT2D eigenvalue weighted by atomic mass is 14.6. The zero-order chi connectivity index (χ0) is 11.3. The van der Waals surface area contributed by atoms with Crippen LogP contribution in [0, 0.1) is 16.7 Å². The average Bonchev–Trinajstić information content (AvgIpc) is 2.26. The van der Waals surface area contributed by atoms with Crippen LogP contribution in [-0.2, 0) is 0 Å². The van der Waals surface area contributed by atoms with Gasteiger partial charge >= 0.3 is 0 Å². The predicted octanol–water partition coefficient (Wildman–Crippen LogP) is 3.49. The lowest BCUT2D eigenvalue weighted by molar-refractivity contribution is 0.262. The molecule has 0 bridgehead atoms. The molecule has 0 radical (unpaired) electrons. The third-order valence-electron chi connectivity index (χ3n) is 3.57. The fourth-order valence-corrected chi connectivity index (χ4v) is 2.47. The first-order valence-corrected chi connectivity index (χ1v) is 6.03. The monoisotopic (exact) mass is 206 g/mol. The van der Waals surface area contributed by atoms with Crippen LogP contribution in [0.15, 0.2) is 11.3 Å². The van der Waals surface area contributed by atoms with Crippen molar-refractivity contribution in [2.24, 2.45) is 11.1 Å². The second-order valence-electron chi connectivity index (χ2n) is 4.88. The van der Waals surface area contributed by atoms with Crippen LogP contribution in [0.2, 0.25) is 0 Å². The molecule has 0 heterocycles. The molecule has 1 aliphatic carbocycles. The summed E-state index contributed by atoms with van der Waals surface area (Å²) in [7, 11) is 0. The molecular weight excluding hydrogens is 184 g/mol. The van der Waals surface area contributed by atoms with E-state index >= 15 is 0 Å². The first kappa shape index (κ1) is 12.1. The molecule has 1 fully saturated rings. The van der Waals surface area contributed by atoms with Gasteiger partial charge in [0, 0.05) is 16.7 Å². The Morgan fingerprint density at radius 2 is 1.93 bits per heavy atom. The summed E-state index contributed by atoms with van der Waals surface area (Å²) in [5, 5.41) is 9.08. The second-order valence-corrected chi connectivity index (χ2v) is 4.88. The summed E-state index contributed by atoms with van der Waals surface area (Å²) in [5.74, 6) is 0. The highest BCUT2D eigenvalue weighted by Gasteiger charge is 2.31. The smallest absolute Gasteiger partial charge is 0.0965 e. The van der Waals surface area contributed by atoms with E-state index in [0.717, 1.165) is 37.0 Å². The van der Waals surface area contributed by atoms with E-state index < -0.39 is 0 Å². The van der Waals surface area contributed by atoms with Gasteiger partial charge in [0.1, 0.15) is 0 Å². The number of hydrogen-bond donors (Lipinski definition) is 1. The molecule has 1 aliphatic rings. The number of allylic oxidation sites excluding steroid dienone is 2. The van der Waals surface area contributed by atoms with Gasteiger partial charge in [-0.2, -0.15) is 5.26 Å². The zero-order valence-corrected chi connectivity index (χ0v) is 9.97. The summed E-state index contributed by atoms with van der Waals surface area (Å²) in [6.45, 7) is 4.31. The summed E-state index contributed by atoms with van der Waals surface area (Å²) in [4.78, 5) is 0. The first-order chi connectivity index (χ1) is 7.14. The molecule has 15 heavy (non-hydrogen) atoms. The Morgan fingerprint density at radius 1 is 1.33 bits per heavy atom. The molecule has 0 aromatic carbocycles. The number of nitrogens with two attached hydrogens (primary N) is 1. The fourth-order valence-electron chi connectivity index (χ4n) is 2.47. The summed E-state index contributed by atoms with van der Waals surface area (Å²) in [6, 6.07) is 2.28. The van der Waals surface area contributed by atoms with Crippen molar-refractivity contribution in [3.05, 3.63) is 11.3 Å². The minimum atomic E-state index is 0.0957. The Bertz CT molecular complexity index is 277. The SMILES string of the molecule is CCCC(C#N)=C(N)C1(C)CCCCC1. The number of nitriles is 1. The minimum Gasteiger partial charge on any atom is -0.401 e. The molecule has 0 aliphatic heterocycles. The normalized spacial score (nSPS) is 21.7. The fraction of sp³-hybridized carbons (Fsp3) is 0.769. The van der Waals surface area contributed by atoms with Crippen molar-refractivity contribution < 1.29 is 0 Å². The van der Waals surface area contributed by atoms with E-state index in [1.165, 1.54) is 19.3 Å². The van der Waals surface area contributed by atoms with Gasteiger partial charge in [0.2, 0.25) is 0 Å². The summed E-state index contributed by atoms with van der Waals surface area (Å²) < 4.78 is 0. The minimum absolute atomic E-state index is 0.0957. The van der Waals surface area contributed by atoms with Crippen LogP contribution >= 0.6 is 0 Å². The largest absolute Gasteiger partial charge is 0.401 e. The van der Waals surface area contributed by atoms with Crippen molar-refractivity contribution in [1.82, 2.24) is 0 Å². The number of rotatable bonds is 3. The van der Waals surface area contributed by atoms with Crippen molar-refractivity contribution in [1.29, 1.82) is 5.26 Å². The van der Waals surface area contributed by atoms with Gasteiger partial charge in [-0.1, -0.05) is 39.5 Å². The van der Waals surface area contributed by atoms with E-state index in [1.807, 2.05) is 0 Å². The van der Waals surface area contributed by atoms with Crippen LogP contribution in [0.3, 0.4) is 0 Å². The van der Waals surface area contributed by atoms with Crippen LogP contribution in [-0.4, -0.2) is 0 Å². The number of nitrogens with zero attached hydrogens (tertiary/aromatic N) is 1. The molecule has 0 amide bonds. The molecule has 1 rings (SSSR count). The number of hydrogen-bond acceptors (Lipinski definition) is 2. The lowest BCUT2D eigenvalue weighted by Gasteiger charge is -2.34. The van der Waals surface area contributed by atoms with Gasteiger partial charge in [-0.15, -0.1) is 0 Å². The third kappa shape index (κ3) is 2.75. The molecule has 0 saturated heterocycles. The quantitative estimate of drug-likeness (QED) is 0.718. The molecule has 0 aromatic rings. The van der Waals surface area contributed by atoms with Gasteiger partial charge in [-0.25, -0.2) is 0 Å². The Morgan fingerprint density at radius 3 is 2.40 bits per heavy atom. The van der Waals surface area contributed by atoms with E-state index in [4.69, 9.17) is 11.0 Å². The average molecular weight is 206 g/mol. The summed E-state index contributed by atoms with van der Waals surface area (Å²) in [6.07, 6.45) is 7.95. The lowest BCUT2D eigenvalue weighted by Crippen LogP contribution is -2.28. The zero-order valence-electron chi connectivity index (χ0n) is 9.97. The van der Waals surface area contributed by atoms with Crippen LogP contribution in [0.1, 0.15) is 58.8 Å². The van der Waals surface area contributed by atoms with Gasteiger partial charge in [0.15, 0.2) is 0 Å². The Hall–Kier alpha value is -0.970. The maximum absolute atomic E-state index is 9.08. The van der Waals surface area contributed by atoms with E-state index in [0.29, 0.717) is 0 Å². The molecule has 0 aromatic heterocycles. The van der Waals surface area contributed by atoms with Crippen LogP contribution < -0.4 is 5.73 Å².